The molecule has 0 aliphatic heterocycles. The van der Waals surface area contributed by atoms with Gasteiger partial charge in [0.25, 0.3) is 0 Å². The number of rotatable bonds is 2. The van der Waals surface area contributed by atoms with Crippen LogP contribution in [0.25, 0.3) is 11.0 Å². The largest absolute Gasteiger partial charge is 0.240 e. The molecule has 0 amide bonds. The van der Waals surface area contributed by atoms with Gasteiger partial charge in [-0.1, -0.05) is 23.4 Å². The van der Waals surface area contributed by atoms with Gasteiger partial charge in [0.1, 0.15) is 5.52 Å². The molecule has 18 heavy (non-hydrogen) atoms. The van der Waals surface area contributed by atoms with Gasteiger partial charge in [-0.25, -0.2) is 13.5 Å². The highest BCUT2D eigenvalue weighted by molar-refractivity contribution is 5.73. The van der Waals surface area contributed by atoms with Crippen molar-refractivity contribution in [2.45, 2.75) is 6.54 Å². The Balaban J connectivity index is 1.98. The first kappa shape index (κ1) is 10.8. The van der Waals surface area contributed by atoms with Crippen LogP contribution in [0.15, 0.2) is 42.5 Å². The van der Waals surface area contributed by atoms with Gasteiger partial charge in [-0.05, 0) is 29.8 Å². The summed E-state index contributed by atoms with van der Waals surface area (Å²) in [5.74, 6) is -1.70. The van der Waals surface area contributed by atoms with E-state index < -0.39 is 11.6 Å². The molecule has 0 unspecified atom stereocenters. The van der Waals surface area contributed by atoms with Gasteiger partial charge in [0.05, 0.1) is 12.1 Å². The third-order valence-electron chi connectivity index (χ3n) is 2.74. The SMILES string of the molecule is Fc1ccc(Cn2nnc3ccccc32)cc1F. The van der Waals surface area contributed by atoms with E-state index in [1.165, 1.54) is 12.1 Å². The van der Waals surface area contributed by atoms with Crippen LogP contribution in [0.3, 0.4) is 0 Å². The fourth-order valence-corrected chi connectivity index (χ4v) is 1.85. The standard InChI is InChI=1S/C13H9F2N3/c14-10-6-5-9(7-11(10)15)8-18-13-4-2-1-3-12(13)16-17-18/h1-7H,8H2. The number of aromatic nitrogens is 3. The summed E-state index contributed by atoms with van der Waals surface area (Å²) in [6.07, 6.45) is 0. The van der Waals surface area contributed by atoms with Crippen molar-refractivity contribution in [3.63, 3.8) is 0 Å². The van der Waals surface area contributed by atoms with E-state index in [-0.39, 0.29) is 0 Å². The number of benzene rings is 2. The molecule has 0 saturated carbocycles. The molecule has 3 aromatic rings. The summed E-state index contributed by atoms with van der Waals surface area (Å²) in [5, 5.41) is 7.99. The third kappa shape index (κ3) is 1.84. The average molecular weight is 245 g/mol. The summed E-state index contributed by atoms with van der Waals surface area (Å²) in [5.41, 5.74) is 2.28. The zero-order chi connectivity index (χ0) is 12.5. The molecule has 0 radical (unpaired) electrons. The first-order valence-electron chi connectivity index (χ1n) is 5.46. The summed E-state index contributed by atoms with van der Waals surface area (Å²) in [6, 6.07) is 11.3. The van der Waals surface area contributed by atoms with Crippen LogP contribution in [0.5, 0.6) is 0 Å². The first-order chi connectivity index (χ1) is 8.74. The Kier molecular flexibility index (Phi) is 2.51. The van der Waals surface area contributed by atoms with E-state index >= 15 is 0 Å². The maximum absolute atomic E-state index is 13.1. The van der Waals surface area contributed by atoms with Crippen molar-refractivity contribution in [3.05, 3.63) is 59.7 Å². The number of halogens is 2. The highest BCUT2D eigenvalue weighted by atomic mass is 19.2. The Hall–Kier alpha value is -2.30. The zero-order valence-electron chi connectivity index (χ0n) is 9.35. The van der Waals surface area contributed by atoms with Crippen molar-refractivity contribution in [3.8, 4) is 0 Å². The second-order valence-corrected chi connectivity index (χ2v) is 3.98. The number of nitrogens with zero attached hydrogens (tertiary/aromatic N) is 3. The minimum atomic E-state index is -0.850. The van der Waals surface area contributed by atoms with Crippen LogP contribution in [0.1, 0.15) is 5.56 Å². The summed E-state index contributed by atoms with van der Waals surface area (Å²) in [6.45, 7) is 0.359. The molecule has 0 N–H and O–H groups in total. The zero-order valence-corrected chi connectivity index (χ0v) is 9.35. The molecular formula is C13H9F2N3. The Morgan fingerprint density at radius 2 is 1.83 bits per heavy atom. The molecule has 1 aromatic heterocycles. The van der Waals surface area contributed by atoms with Crippen LogP contribution in [0.2, 0.25) is 0 Å². The molecule has 0 spiro atoms. The maximum atomic E-state index is 13.1. The lowest BCUT2D eigenvalue weighted by molar-refractivity contribution is 0.505. The molecule has 0 atom stereocenters. The number of hydrogen-bond acceptors (Lipinski definition) is 2. The fraction of sp³-hybridized carbons (Fsp3) is 0.0769. The van der Waals surface area contributed by atoms with Gasteiger partial charge in [-0.3, -0.25) is 0 Å². The molecule has 0 fully saturated rings. The molecule has 3 rings (SSSR count). The number of para-hydroxylation sites is 1. The fourth-order valence-electron chi connectivity index (χ4n) is 1.85. The Morgan fingerprint density at radius 3 is 2.67 bits per heavy atom. The highest BCUT2D eigenvalue weighted by Gasteiger charge is 2.06. The topological polar surface area (TPSA) is 30.7 Å². The molecule has 90 valence electrons. The van der Waals surface area contributed by atoms with E-state index in [9.17, 15) is 8.78 Å². The number of hydrogen-bond donors (Lipinski definition) is 0. The molecular weight excluding hydrogens is 236 g/mol. The normalized spacial score (nSPS) is 11.0. The molecule has 0 saturated heterocycles. The molecule has 0 aliphatic rings. The average Bonchev–Trinajstić information content (AvgIpc) is 2.78. The smallest absolute Gasteiger partial charge is 0.159 e. The molecule has 0 aliphatic carbocycles. The monoisotopic (exact) mass is 245 g/mol. The minimum Gasteiger partial charge on any atom is -0.240 e. The predicted octanol–water partition coefficient (Wildman–Crippen LogP) is 2.76. The van der Waals surface area contributed by atoms with Crippen LogP contribution in [-0.4, -0.2) is 15.0 Å². The van der Waals surface area contributed by atoms with Crippen LogP contribution >= 0.6 is 0 Å². The summed E-state index contributed by atoms with van der Waals surface area (Å²) >= 11 is 0. The lowest BCUT2D eigenvalue weighted by atomic mass is 10.2. The van der Waals surface area contributed by atoms with E-state index in [1.807, 2.05) is 24.3 Å². The van der Waals surface area contributed by atoms with Crippen molar-refractivity contribution in [1.82, 2.24) is 15.0 Å². The lowest BCUT2D eigenvalue weighted by Crippen LogP contribution is -2.02. The lowest BCUT2D eigenvalue weighted by Gasteiger charge is -2.03. The van der Waals surface area contributed by atoms with Gasteiger partial charge in [-0.2, -0.15) is 0 Å². The van der Waals surface area contributed by atoms with E-state index in [4.69, 9.17) is 0 Å². The van der Waals surface area contributed by atoms with E-state index in [0.29, 0.717) is 12.1 Å². The highest BCUT2D eigenvalue weighted by Crippen LogP contribution is 2.14. The van der Waals surface area contributed by atoms with Gasteiger partial charge in [0.15, 0.2) is 11.6 Å². The second kappa shape index (κ2) is 4.18. The predicted molar refractivity (Wildman–Crippen MR) is 63.0 cm³/mol. The first-order valence-corrected chi connectivity index (χ1v) is 5.46. The Morgan fingerprint density at radius 1 is 1.00 bits per heavy atom. The van der Waals surface area contributed by atoms with E-state index in [0.717, 1.165) is 17.1 Å². The second-order valence-electron chi connectivity index (χ2n) is 3.98. The summed E-state index contributed by atoms with van der Waals surface area (Å²) < 4.78 is 27.6. The van der Waals surface area contributed by atoms with Crippen molar-refractivity contribution in [1.29, 1.82) is 0 Å². The minimum absolute atomic E-state index is 0.359. The third-order valence-corrected chi connectivity index (χ3v) is 2.74. The van der Waals surface area contributed by atoms with Crippen LogP contribution in [-0.2, 0) is 6.54 Å². The Labute approximate surface area is 102 Å². The molecule has 5 heteroatoms. The van der Waals surface area contributed by atoms with Crippen molar-refractivity contribution in [2.24, 2.45) is 0 Å². The molecule has 0 bridgehead atoms. The Bertz CT molecular complexity index is 706. The van der Waals surface area contributed by atoms with Gasteiger partial charge in [0, 0.05) is 0 Å². The summed E-state index contributed by atoms with van der Waals surface area (Å²) in [7, 11) is 0. The molecule has 3 nitrogen and oxygen atoms in total. The molecule has 2 aromatic carbocycles. The molecule has 1 heterocycles. The van der Waals surface area contributed by atoms with Gasteiger partial charge >= 0.3 is 0 Å². The van der Waals surface area contributed by atoms with Gasteiger partial charge in [0.2, 0.25) is 0 Å². The van der Waals surface area contributed by atoms with Gasteiger partial charge in [-0.15, -0.1) is 5.10 Å². The van der Waals surface area contributed by atoms with Crippen LogP contribution < -0.4 is 0 Å². The summed E-state index contributed by atoms with van der Waals surface area (Å²) in [4.78, 5) is 0. The van der Waals surface area contributed by atoms with Crippen LogP contribution in [0.4, 0.5) is 8.78 Å². The van der Waals surface area contributed by atoms with E-state index in [1.54, 1.807) is 4.68 Å². The quantitative estimate of drug-likeness (QED) is 0.695. The maximum Gasteiger partial charge on any atom is 0.159 e. The van der Waals surface area contributed by atoms with Gasteiger partial charge < -0.3 is 0 Å². The van der Waals surface area contributed by atoms with Crippen molar-refractivity contribution >= 4 is 11.0 Å². The van der Waals surface area contributed by atoms with Crippen LogP contribution in [0, 0.1) is 11.6 Å². The van der Waals surface area contributed by atoms with Crippen molar-refractivity contribution in [2.75, 3.05) is 0 Å². The van der Waals surface area contributed by atoms with Crippen molar-refractivity contribution < 1.29 is 8.78 Å². The van der Waals surface area contributed by atoms with E-state index in [2.05, 4.69) is 10.3 Å². The number of fused-ring (bicyclic) bond motifs is 1.